The maximum absolute atomic E-state index is 4.69. The number of aromatic nitrogens is 3. The molecule has 0 bridgehead atoms. The number of nitrogens with zero attached hydrogens (tertiary/aromatic N) is 4. The van der Waals surface area contributed by atoms with Gasteiger partial charge in [-0.05, 0) is 46.6 Å². The number of guanidine groups is 1. The first-order valence-electron chi connectivity index (χ1n) is 8.85. The number of aliphatic imine (C=N–C) groups is 1. The lowest BCUT2D eigenvalue weighted by molar-refractivity contribution is 0.635. The van der Waals surface area contributed by atoms with Gasteiger partial charge in [0.15, 0.2) is 5.96 Å². The van der Waals surface area contributed by atoms with Crippen LogP contribution < -0.4 is 10.6 Å². The number of rotatable bonds is 7. The molecule has 0 radical (unpaired) electrons. The van der Waals surface area contributed by atoms with Gasteiger partial charge in [-0.15, -0.1) is 35.3 Å². The van der Waals surface area contributed by atoms with Gasteiger partial charge in [0, 0.05) is 43.7 Å². The minimum atomic E-state index is 0. The molecule has 0 aromatic carbocycles. The van der Waals surface area contributed by atoms with Gasteiger partial charge in [-0.25, -0.2) is 4.98 Å². The fraction of sp³-hybridized carbons (Fsp3) is 0.611. The van der Waals surface area contributed by atoms with Crippen LogP contribution in [-0.2, 0) is 19.9 Å². The molecule has 2 aromatic rings. The zero-order valence-corrected chi connectivity index (χ0v) is 19.7. The summed E-state index contributed by atoms with van der Waals surface area (Å²) in [5.74, 6) is 0.862. The van der Waals surface area contributed by atoms with Crippen molar-refractivity contribution in [3.63, 3.8) is 0 Å². The van der Waals surface area contributed by atoms with E-state index in [4.69, 9.17) is 0 Å². The van der Waals surface area contributed by atoms with Crippen molar-refractivity contribution in [3.05, 3.63) is 33.0 Å². The predicted octanol–water partition coefficient (Wildman–Crippen LogP) is 3.15. The summed E-state index contributed by atoms with van der Waals surface area (Å²) >= 11 is 1.69. The summed E-state index contributed by atoms with van der Waals surface area (Å²) in [6.45, 7) is 12.1. The molecule has 6 nitrogen and oxygen atoms in total. The molecular formula is C18H31IN6S. The Kier molecular flexibility index (Phi) is 9.56. The van der Waals surface area contributed by atoms with E-state index in [0.29, 0.717) is 0 Å². The highest BCUT2D eigenvalue weighted by Crippen LogP contribution is 2.14. The average molecular weight is 490 g/mol. The van der Waals surface area contributed by atoms with E-state index in [2.05, 4.69) is 58.8 Å². The Balaban J connectivity index is 0.00000338. The van der Waals surface area contributed by atoms with E-state index in [9.17, 15) is 0 Å². The summed E-state index contributed by atoms with van der Waals surface area (Å²) < 4.78 is 1.95. The zero-order chi connectivity index (χ0) is 18.4. The van der Waals surface area contributed by atoms with Gasteiger partial charge in [0.1, 0.15) is 0 Å². The molecule has 0 saturated heterocycles. The molecule has 8 heteroatoms. The van der Waals surface area contributed by atoms with Crippen LogP contribution in [0, 0.1) is 20.8 Å². The Morgan fingerprint density at radius 2 is 2.08 bits per heavy atom. The molecule has 2 aromatic heterocycles. The maximum Gasteiger partial charge on any atom is 0.191 e. The van der Waals surface area contributed by atoms with Gasteiger partial charge >= 0.3 is 0 Å². The fourth-order valence-electron chi connectivity index (χ4n) is 2.83. The number of aryl methyl sites for hydroxylation is 3. The fourth-order valence-corrected chi connectivity index (χ4v) is 3.48. The van der Waals surface area contributed by atoms with Crippen molar-refractivity contribution in [2.45, 2.75) is 53.5 Å². The van der Waals surface area contributed by atoms with Crippen molar-refractivity contribution >= 4 is 41.3 Å². The van der Waals surface area contributed by atoms with E-state index >= 15 is 0 Å². The molecule has 0 spiro atoms. The molecule has 0 aliphatic carbocycles. The zero-order valence-electron chi connectivity index (χ0n) is 16.6. The molecule has 2 rings (SSSR count). The Hall–Kier alpha value is -1.16. The summed E-state index contributed by atoms with van der Waals surface area (Å²) in [6.07, 6.45) is 1.80. The smallest absolute Gasteiger partial charge is 0.191 e. The Bertz CT molecular complexity index is 721. The summed E-state index contributed by atoms with van der Waals surface area (Å²) in [5, 5.41) is 14.6. The number of hydrogen-bond donors (Lipinski definition) is 2. The van der Waals surface area contributed by atoms with Crippen LogP contribution in [0.3, 0.4) is 0 Å². The second-order valence-corrected chi connectivity index (χ2v) is 7.45. The molecule has 2 heterocycles. The number of thiazole rings is 1. The average Bonchev–Trinajstić information content (AvgIpc) is 3.06. The van der Waals surface area contributed by atoms with Crippen molar-refractivity contribution in [2.24, 2.45) is 12.0 Å². The predicted molar refractivity (Wildman–Crippen MR) is 121 cm³/mol. The molecule has 0 aliphatic heterocycles. The first kappa shape index (κ1) is 22.9. The first-order chi connectivity index (χ1) is 11.9. The van der Waals surface area contributed by atoms with E-state index in [1.165, 1.54) is 11.3 Å². The lowest BCUT2D eigenvalue weighted by Crippen LogP contribution is -2.43. The van der Waals surface area contributed by atoms with Crippen LogP contribution in [-0.4, -0.2) is 39.9 Å². The standard InChI is InChI=1S/C18H30N6S.HI/c1-7-19-18(20-9-8-16-11-25-15(5)22-16)21-12(2)10-17-13(3)23-24(6)14(17)4;/h11-12H,7-10H2,1-6H3,(H2,19,20,21);1H. The molecule has 146 valence electrons. The third-order valence-corrected chi connectivity index (χ3v) is 5.02. The highest BCUT2D eigenvalue weighted by molar-refractivity contribution is 14.0. The molecule has 2 N–H and O–H groups in total. The van der Waals surface area contributed by atoms with Gasteiger partial charge in [-0.3, -0.25) is 9.67 Å². The summed E-state index contributed by atoms with van der Waals surface area (Å²) in [4.78, 5) is 9.18. The van der Waals surface area contributed by atoms with E-state index in [1.807, 2.05) is 18.7 Å². The van der Waals surface area contributed by atoms with Crippen molar-refractivity contribution < 1.29 is 0 Å². The molecule has 0 saturated carbocycles. The molecule has 0 fully saturated rings. The quantitative estimate of drug-likeness (QED) is 0.356. The van der Waals surface area contributed by atoms with E-state index in [0.717, 1.165) is 48.3 Å². The van der Waals surface area contributed by atoms with Crippen molar-refractivity contribution in [1.29, 1.82) is 0 Å². The highest BCUT2D eigenvalue weighted by Gasteiger charge is 2.14. The van der Waals surface area contributed by atoms with Gasteiger partial charge in [0.2, 0.25) is 0 Å². The summed E-state index contributed by atoms with van der Waals surface area (Å²) in [6, 6.07) is 0.279. The molecule has 0 amide bonds. The Labute approximate surface area is 177 Å². The minimum absolute atomic E-state index is 0. The topological polar surface area (TPSA) is 67.1 Å². The Morgan fingerprint density at radius 3 is 2.62 bits per heavy atom. The summed E-state index contributed by atoms with van der Waals surface area (Å²) in [7, 11) is 2.00. The van der Waals surface area contributed by atoms with Crippen LogP contribution in [0.1, 0.15) is 41.5 Å². The van der Waals surface area contributed by atoms with E-state index in [1.54, 1.807) is 11.3 Å². The van der Waals surface area contributed by atoms with Crippen LogP contribution in [0.15, 0.2) is 10.4 Å². The van der Waals surface area contributed by atoms with Crippen LogP contribution in [0.2, 0.25) is 0 Å². The number of nitrogens with one attached hydrogen (secondary N) is 2. The van der Waals surface area contributed by atoms with Gasteiger partial charge in [0.05, 0.1) is 16.4 Å². The number of hydrogen-bond acceptors (Lipinski definition) is 4. The maximum atomic E-state index is 4.69. The van der Waals surface area contributed by atoms with Crippen LogP contribution >= 0.6 is 35.3 Å². The first-order valence-corrected chi connectivity index (χ1v) is 9.73. The van der Waals surface area contributed by atoms with E-state index in [-0.39, 0.29) is 30.0 Å². The molecule has 1 unspecified atom stereocenters. The van der Waals surface area contributed by atoms with Gasteiger partial charge in [-0.1, -0.05) is 0 Å². The van der Waals surface area contributed by atoms with Gasteiger partial charge in [0.25, 0.3) is 0 Å². The van der Waals surface area contributed by atoms with Crippen LogP contribution in [0.5, 0.6) is 0 Å². The second kappa shape index (κ2) is 10.9. The largest absolute Gasteiger partial charge is 0.357 e. The molecule has 26 heavy (non-hydrogen) atoms. The van der Waals surface area contributed by atoms with Crippen molar-refractivity contribution in [1.82, 2.24) is 25.4 Å². The number of halogens is 1. The highest BCUT2D eigenvalue weighted by atomic mass is 127. The molecule has 1 atom stereocenters. The summed E-state index contributed by atoms with van der Waals surface area (Å²) in [5.41, 5.74) is 4.77. The molecule has 0 aliphatic rings. The molecular weight excluding hydrogens is 459 g/mol. The minimum Gasteiger partial charge on any atom is -0.357 e. The SMILES string of the molecule is CCNC(=NCCc1csc(C)n1)NC(C)Cc1c(C)nn(C)c1C.I. The van der Waals surface area contributed by atoms with Crippen LogP contribution in [0.4, 0.5) is 0 Å². The van der Waals surface area contributed by atoms with Gasteiger partial charge < -0.3 is 10.6 Å². The van der Waals surface area contributed by atoms with Crippen LogP contribution in [0.25, 0.3) is 0 Å². The monoisotopic (exact) mass is 490 g/mol. The Morgan fingerprint density at radius 1 is 1.35 bits per heavy atom. The van der Waals surface area contributed by atoms with Crippen molar-refractivity contribution in [2.75, 3.05) is 13.1 Å². The van der Waals surface area contributed by atoms with E-state index < -0.39 is 0 Å². The van der Waals surface area contributed by atoms with Gasteiger partial charge in [-0.2, -0.15) is 5.10 Å². The normalized spacial score (nSPS) is 12.6. The lowest BCUT2D eigenvalue weighted by atomic mass is 10.1. The lowest BCUT2D eigenvalue weighted by Gasteiger charge is -2.18. The second-order valence-electron chi connectivity index (χ2n) is 6.39. The third-order valence-electron chi connectivity index (χ3n) is 4.20. The van der Waals surface area contributed by atoms with Crippen molar-refractivity contribution in [3.8, 4) is 0 Å². The third kappa shape index (κ3) is 6.53.